The molecule has 3 nitrogen and oxygen atoms in total. The third-order valence-corrected chi connectivity index (χ3v) is 3.59. The monoisotopic (exact) mass is 303 g/mol. The second-order valence-electron chi connectivity index (χ2n) is 4.87. The number of hydrogen-bond donors (Lipinski definition) is 1. The van der Waals surface area contributed by atoms with Crippen LogP contribution in [0.1, 0.15) is 28.8 Å². The van der Waals surface area contributed by atoms with Crippen molar-refractivity contribution in [2.24, 2.45) is 0 Å². The van der Waals surface area contributed by atoms with Gasteiger partial charge in [-0.1, -0.05) is 48.9 Å². The van der Waals surface area contributed by atoms with E-state index in [2.05, 4.69) is 24.4 Å². The molecule has 0 fully saturated rings. The number of carbonyl (C=O) groups is 1. The Balaban J connectivity index is 2.12. The van der Waals surface area contributed by atoms with Crippen LogP contribution in [0.15, 0.2) is 48.5 Å². The molecule has 0 spiro atoms. The van der Waals surface area contributed by atoms with E-state index in [9.17, 15) is 4.79 Å². The number of benzene rings is 2. The lowest BCUT2D eigenvalue weighted by atomic mass is 10.0. The number of halogens is 1. The van der Waals surface area contributed by atoms with E-state index in [0.717, 1.165) is 0 Å². The minimum absolute atomic E-state index is 0.315. The highest BCUT2D eigenvalue weighted by molar-refractivity contribution is 6.31. The molecular formula is C17H18ClNO2. The van der Waals surface area contributed by atoms with Gasteiger partial charge < -0.3 is 10.1 Å². The predicted octanol–water partition coefficient (Wildman–Crippen LogP) is 4.34. The number of carbonyl (C=O) groups excluding carboxylic acids is 1. The molecule has 0 amide bonds. The van der Waals surface area contributed by atoms with Gasteiger partial charge in [0.1, 0.15) is 0 Å². The Labute approximate surface area is 129 Å². The third-order valence-electron chi connectivity index (χ3n) is 3.35. The molecule has 0 radical (unpaired) electrons. The molecule has 2 aromatic rings. The first-order valence-corrected chi connectivity index (χ1v) is 7.16. The van der Waals surface area contributed by atoms with Gasteiger partial charge in [0.2, 0.25) is 0 Å². The predicted molar refractivity (Wildman–Crippen MR) is 86.1 cm³/mol. The zero-order chi connectivity index (χ0) is 15.2. The summed E-state index contributed by atoms with van der Waals surface area (Å²) in [7, 11) is 1.37. The largest absolute Gasteiger partial charge is 0.465 e. The van der Waals surface area contributed by atoms with Crippen LogP contribution in [0.25, 0.3) is 0 Å². The Morgan fingerprint density at radius 1 is 1.24 bits per heavy atom. The maximum atomic E-state index is 11.8. The van der Waals surface area contributed by atoms with Crippen molar-refractivity contribution in [2.45, 2.75) is 12.8 Å². The van der Waals surface area contributed by atoms with Gasteiger partial charge in [-0.2, -0.15) is 0 Å². The van der Waals surface area contributed by atoms with E-state index >= 15 is 0 Å². The second kappa shape index (κ2) is 7.14. The summed E-state index contributed by atoms with van der Waals surface area (Å²) in [6.07, 6.45) is 0. The number of nitrogens with one attached hydrogen (secondary N) is 1. The molecule has 0 heterocycles. The van der Waals surface area contributed by atoms with Crippen molar-refractivity contribution in [3.8, 4) is 0 Å². The van der Waals surface area contributed by atoms with Crippen molar-refractivity contribution in [3.63, 3.8) is 0 Å². The number of hydrogen-bond acceptors (Lipinski definition) is 3. The van der Waals surface area contributed by atoms with E-state index in [-0.39, 0.29) is 5.97 Å². The van der Waals surface area contributed by atoms with E-state index in [1.807, 2.05) is 18.2 Å². The van der Waals surface area contributed by atoms with Crippen LogP contribution in [0.2, 0.25) is 5.02 Å². The Kier molecular flexibility index (Phi) is 5.23. The molecule has 2 rings (SSSR count). The van der Waals surface area contributed by atoms with Crippen LogP contribution in [0, 0.1) is 0 Å². The number of ether oxygens (including phenoxy) is 1. The summed E-state index contributed by atoms with van der Waals surface area (Å²) >= 11 is 6.00. The molecule has 1 N–H and O–H groups in total. The maximum Gasteiger partial charge on any atom is 0.339 e. The van der Waals surface area contributed by atoms with Crippen molar-refractivity contribution in [3.05, 3.63) is 64.7 Å². The highest BCUT2D eigenvalue weighted by atomic mass is 35.5. The number of anilines is 1. The van der Waals surface area contributed by atoms with Gasteiger partial charge in [-0.25, -0.2) is 4.79 Å². The summed E-state index contributed by atoms with van der Waals surface area (Å²) in [4.78, 5) is 11.8. The minimum atomic E-state index is -0.374. The summed E-state index contributed by atoms with van der Waals surface area (Å²) in [6, 6.07) is 15.3. The van der Waals surface area contributed by atoms with Gasteiger partial charge in [0.15, 0.2) is 0 Å². The number of esters is 1. The fourth-order valence-electron chi connectivity index (χ4n) is 2.11. The normalized spacial score (nSPS) is 11.8. The average Bonchev–Trinajstić information content (AvgIpc) is 2.52. The standard InChI is InChI=1S/C17H18ClNO2/c1-12(13-6-4-3-5-7-13)11-19-16-10-14(18)8-9-15(16)17(20)21-2/h3-10,12,19H,11H2,1-2H3. The summed E-state index contributed by atoms with van der Waals surface area (Å²) in [5.74, 6) is -0.0581. The molecule has 0 saturated carbocycles. The first kappa shape index (κ1) is 15.4. The molecule has 0 aliphatic carbocycles. The van der Waals surface area contributed by atoms with Crippen LogP contribution in [0.5, 0.6) is 0 Å². The van der Waals surface area contributed by atoms with Crippen LogP contribution < -0.4 is 5.32 Å². The Morgan fingerprint density at radius 2 is 1.95 bits per heavy atom. The van der Waals surface area contributed by atoms with Gasteiger partial charge in [-0.3, -0.25) is 0 Å². The zero-order valence-corrected chi connectivity index (χ0v) is 12.9. The number of methoxy groups -OCH3 is 1. The second-order valence-corrected chi connectivity index (χ2v) is 5.31. The van der Waals surface area contributed by atoms with Gasteiger partial charge in [-0.15, -0.1) is 0 Å². The molecule has 4 heteroatoms. The SMILES string of the molecule is COC(=O)c1ccc(Cl)cc1NCC(C)c1ccccc1. The number of rotatable bonds is 5. The van der Waals surface area contributed by atoms with Crippen LogP contribution >= 0.6 is 11.6 Å². The quantitative estimate of drug-likeness (QED) is 0.835. The van der Waals surface area contributed by atoms with Crippen molar-refractivity contribution < 1.29 is 9.53 Å². The zero-order valence-electron chi connectivity index (χ0n) is 12.1. The molecule has 1 atom stereocenters. The Morgan fingerprint density at radius 3 is 2.62 bits per heavy atom. The molecule has 0 saturated heterocycles. The van der Waals surface area contributed by atoms with Crippen molar-refractivity contribution in [2.75, 3.05) is 19.0 Å². The molecule has 0 bridgehead atoms. The summed E-state index contributed by atoms with van der Waals surface area (Å²) in [5, 5.41) is 3.86. The Bertz CT molecular complexity index is 613. The lowest BCUT2D eigenvalue weighted by molar-refractivity contribution is 0.0602. The van der Waals surface area contributed by atoms with Crippen LogP contribution in [-0.4, -0.2) is 19.6 Å². The van der Waals surface area contributed by atoms with Gasteiger partial charge in [-0.05, 0) is 29.7 Å². The lowest BCUT2D eigenvalue weighted by Crippen LogP contribution is -2.13. The molecule has 0 aliphatic rings. The first-order valence-electron chi connectivity index (χ1n) is 6.78. The van der Waals surface area contributed by atoms with Crippen LogP contribution in [-0.2, 0) is 4.74 Å². The average molecular weight is 304 g/mol. The topological polar surface area (TPSA) is 38.3 Å². The summed E-state index contributed by atoms with van der Waals surface area (Å²) < 4.78 is 4.79. The molecule has 0 aliphatic heterocycles. The van der Waals surface area contributed by atoms with Crippen LogP contribution in [0.3, 0.4) is 0 Å². The third kappa shape index (κ3) is 3.99. The van der Waals surface area contributed by atoms with Gasteiger partial charge in [0.05, 0.1) is 18.4 Å². The fourth-order valence-corrected chi connectivity index (χ4v) is 2.29. The van der Waals surface area contributed by atoms with Crippen molar-refractivity contribution in [1.82, 2.24) is 0 Å². The van der Waals surface area contributed by atoms with Gasteiger partial charge in [0.25, 0.3) is 0 Å². The first-order chi connectivity index (χ1) is 10.1. The van der Waals surface area contributed by atoms with E-state index in [1.54, 1.807) is 18.2 Å². The maximum absolute atomic E-state index is 11.8. The summed E-state index contributed by atoms with van der Waals surface area (Å²) in [5.41, 5.74) is 2.42. The smallest absolute Gasteiger partial charge is 0.339 e. The molecule has 21 heavy (non-hydrogen) atoms. The minimum Gasteiger partial charge on any atom is -0.465 e. The Hall–Kier alpha value is -2.00. The molecule has 1 unspecified atom stereocenters. The van der Waals surface area contributed by atoms with Crippen molar-refractivity contribution >= 4 is 23.3 Å². The van der Waals surface area contributed by atoms with E-state index in [0.29, 0.717) is 28.7 Å². The molecule has 2 aromatic carbocycles. The fraction of sp³-hybridized carbons (Fsp3) is 0.235. The summed E-state index contributed by atoms with van der Waals surface area (Å²) in [6.45, 7) is 2.83. The molecule has 0 aromatic heterocycles. The van der Waals surface area contributed by atoms with E-state index < -0.39 is 0 Å². The van der Waals surface area contributed by atoms with Gasteiger partial charge in [0, 0.05) is 11.6 Å². The van der Waals surface area contributed by atoms with Crippen molar-refractivity contribution in [1.29, 1.82) is 0 Å². The highest BCUT2D eigenvalue weighted by Crippen LogP contribution is 2.23. The molecular weight excluding hydrogens is 286 g/mol. The van der Waals surface area contributed by atoms with E-state index in [4.69, 9.17) is 16.3 Å². The van der Waals surface area contributed by atoms with Gasteiger partial charge >= 0.3 is 5.97 Å². The highest BCUT2D eigenvalue weighted by Gasteiger charge is 2.13. The lowest BCUT2D eigenvalue weighted by Gasteiger charge is -2.16. The van der Waals surface area contributed by atoms with Crippen LogP contribution in [0.4, 0.5) is 5.69 Å². The van der Waals surface area contributed by atoms with E-state index in [1.165, 1.54) is 12.7 Å². The molecule has 110 valence electrons.